The molecular formula is C23H33N3O4. The van der Waals surface area contributed by atoms with Crippen molar-refractivity contribution < 1.29 is 19.4 Å². The van der Waals surface area contributed by atoms with E-state index in [1.54, 1.807) is 29.1 Å². The van der Waals surface area contributed by atoms with Gasteiger partial charge in [-0.25, -0.2) is 4.98 Å². The van der Waals surface area contributed by atoms with Crippen LogP contribution in [0.1, 0.15) is 57.0 Å². The van der Waals surface area contributed by atoms with Crippen LogP contribution >= 0.6 is 0 Å². The number of hydrogen-bond acceptors (Lipinski definition) is 5. The van der Waals surface area contributed by atoms with Crippen LogP contribution in [0.4, 0.5) is 0 Å². The van der Waals surface area contributed by atoms with Gasteiger partial charge in [0.15, 0.2) is 0 Å². The number of carbonyl (C=O) groups is 2. The second kappa shape index (κ2) is 10.4. The molecule has 0 radical (unpaired) electrons. The van der Waals surface area contributed by atoms with Crippen molar-refractivity contribution in [3.05, 3.63) is 23.4 Å². The van der Waals surface area contributed by atoms with Crippen LogP contribution in [0.15, 0.2) is 12.3 Å². The molecule has 164 valence electrons. The number of pyridine rings is 1. The van der Waals surface area contributed by atoms with E-state index >= 15 is 0 Å². The second-order valence-corrected chi connectivity index (χ2v) is 8.25. The Bertz CT molecular complexity index is 827. The van der Waals surface area contributed by atoms with Crippen LogP contribution in [0, 0.1) is 23.7 Å². The number of rotatable bonds is 5. The molecule has 0 spiro atoms. The van der Waals surface area contributed by atoms with Crippen LogP contribution in [0.3, 0.4) is 0 Å². The molecule has 1 N–H and O–H groups in total. The summed E-state index contributed by atoms with van der Waals surface area (Å²) in [5, 5.41) is 9.70. The second-order valence-electron chi connectivity index (χ2n) is 8.25. The Morgan fingerprint density at radius 3 is 2.73 bits per heavy atom. The van der Waals surface area contributed by atoms with Crippen molar-refractivity contribution in [1.82, 2.24) is 14.8 Å². The molecule has 0 aromatic carbocycles. The molecule has 0 saturated carbocycles. The van der Waals surface area contributed by atoms with Gasteiger partial charge in [0.1, 0.15) is 11.7 Å². The van der Waals surface area contributed by atoms with Gasteiger partial charge in [-0.2, -0.15) is 0 Å². The highest BCUT2D eigenvalue weighted by Gasteiger charge is 2.34. The van der Waals surface area contributed by atoms with Crippen LogP contribution in [-0.4, -0.2) is 70.6 Å². The molecule has 30 heavy (non-hydrogen) atoms. The van der Waals surface area contributed by atoms with Crippen LogP contribution < -0.4 is 4.74 Å². The molecule has 2 heterocycles. The van der Waals surface area contributed by atoms with Gasteiger partial charge in [0.2, 0.25) is 11.8 Å². The SMILES string of the molecule is CCC(=O)N(C)C[C@@H]1Oc2ncc(C#CC(C)C)cc2C(=O)N([C@@H](C)CO)C[C@H]1C. The van der Waals surface area contributed by atoms with Crippen molar-refractivity contribution >= 4 is 11.8 Å². The number of ether oxygens (including phenoxy) is 1. The van der Waals surface area contributed by atoms with Gasteiger partial charge in [-0.05, 0) is 13.0 Å². The van der Waals surface area contributed by atoms with Crippen LogP contribution in [-0.2, 0) is 4.79 Å². The van der Waals surface area contributed by atoms with Crippen LogP contribution in [0.2, 0.25) is 0 Å². The molecule has 2 rings (SSSR count). The van der Waals surface area contributed by atoms with E-state index in [1.165, 1.54) is 0 Å². The Morgan fingerprint density at radius 1 is 1.43 bits per heavy atom. The summed E-state index contributed by atoms with van der Waals surface area (Å²) in [6.45, 7) is 10.2. The zero-order valence-electron chi connectivity index (χ0n) is 18.8. The number of hydrogen-bond donors (Lipinski definition) is 1. The van der Waals surface area contributed by atoms with E-state index in [-0.39, 0.29) is 48.3 Å². The predicted molar refractivity (Wildman–Crippen MR) is 115 cm³/mol. The van der Waals surface area contributed by atoms with Crippen LogP contribution in [0.5, 0.6) is 5.88 Å². The lowest BCUT2D eigenvalue weighted by Crippen LogP contribution is -2.50. The first-order chi connectivity index (χ1) is 14.2. The van der Waals surface area contributed by atoms with Gasteiger partial charge >= 0.3 is 0 Å². The highest BCUT2D eigenvalue weighted by atomic mass is 16.5. The molecule has 3 atom stereocenters. The third-order valence-corrected chi connectivity index (χ3v) is 5.21. The molecule has 7 nitrogen and oxygen atoms in total. The topological polar surface area (TPSA) is 83.0 Å². The van der Waals surface area contributed by atoms with E-state index in [1.807, 2.05) is 34.6 Å². The molecule has 1 aromatic rings. The molecular weight excluding hydrogens is 382 g/mol. The molecule has 1 aliphatic rings. The fraction of sp³-hybridized carbons (Fsp3) is 0.609. The maximum Gasteiger partial charge on any atom is 0.259 e. The first kappa shape index (κ1) is 23.7. The van der Waals surface area contributed by atoms with E-state index < -0.39 is 0 Å². The lowest BCUT2D eigenvalue weighted by atomic mass is 9.99. The maximum atomic E-state index is 13.3. The number of amides is 2. The fourth-order valence-electron chi connectivity index (χ4n) is 3.26. The first-order valence-corrected chi connectivity index (χ1v) is 10.5. The van der Waals surface area contributed by atoms with Gasteiger partial charge in [0.25, 0.3) is 5.91 Å². The third-order valence-electron chi connectivity index (χ3n) is 5.21. The Balaban J connectivity index is 2.47. The summed E-state index contributed by atoms with van der Waals surface area (Å²) in [6, 6.07) is 1.34. The number of aliphatic hydroxyl groups is 1. The summed E-state index contributed by atoms with van der Waals surface area (Å²) in [4.78, 5) is 33.1. The number of fused-ring (bicyclic) bond motifs is 1. The summed E-state index contributed by atoms with van der Waals surface area (Å²) < 4.78 is 6.16. The van der Waals surface area contributed by atoms with E-state index in [4.69, 9.17) is 4.74 Å². The number of carbonyl (C=O) groups excluding carboxylic acids is 2. The Morgan fingerprint density at radius 2 is 2.13 bits per heavy atom. The number of aliphatic hydroxyl groups excluding tert-OH is 1. The normalized spacial score (nSPS) is 19.7. The van der Waals surface area contributed by atoms with Gasteiger partial charge in [-0.1, -0.05) is 39.5 Å². The minimum absolute atomic E-state index is 0.0250. The monoisotopic (exact) mass is 415 g/mol. The lowest BCUT2D eigenvalue weighted by Gasteiger charge is -2.37. The molecule has 0 aliphatic carbocycles. The van der Waals surface area contributed by atoms with Crippen molar-refractivity contribution in [2.45, 2.75) is 53.2 Å². The minimum Gasteiger partial charge on any atom is -0.472 e. The Hall–Kier alpha value is -2.59. The Labute approximate surface area is 179 Å². The lowest BCUT2D eigenvalue weighted by molar-refractivity contribution is -0.131. The van der Waals surface area contributed by atoms with E-state index in [0.717, 1.165) is 0 Å². The molecule has 0 fully saturated rings. The van der Waals surface area contributed by atoms with Gasteiger partial charge < -0.3 is 19.6 Å². The summed E-state index contributed by atoms with van der Waals surface area (Å²) in [5.74, 6) is 6.27. The summed E-state index contributed by atoms with van der Waals surface area (Å²) in [6.07, 6.45) is 1.67. The average Bonchev–Trinajstić information content (AvgIpc) is 2.73. The molecule has 7 heteroatoms. The highest BCUT2D eigenvalue weighted by Crippen LogP contribution is 2.27. The zero-order chi connectivity index (χ0) is 22.4. The average molecular weight is 416 g/mol. The van der Waals surface area contributed by atoms with Gasteiger partial charge in [0, 0.05) is 43.6 Å². The predicted octanol–water partition coefficient (Wildman–Crippen LogP) is 2.18. The van der Waals surface area contributed by atoms with Crippen molar-refractivity contribution in [1.29, 1.82) is 0 Å². The molecule has 0 bridgehead atoms. The summed E-state index contributed by atoms with van der Waals surface area (Å²) in [7, 11) is 1.75. The first-order valence-electron chi connectivity index (χ1n) is 10.5. The number of nitrogens with zero attached hydrogens (tertiary/aromatic N) is 3. The van der Waals surface area contributed by atoms with E-state index in [2.05, 4.69) is 16.8 Å². The zero-order valence-corrected chi connectivity index (χ0v) is 18.8. The molecule has 0 unspecified atom stereocenters. The molecule has 0 saturated heterocycles. The highest BCUT2D eigenvalue weighted by molar-refractivity contribution is 5.97. The van der Waals surface area contributed by atoms with Crippen molar-refractivity contribution in [3.8, 4) is 17.7 Å². The summed E-state index contributed by atoms with van der Waals surface area (Å²) in [5.41, 5.74) is 0.965. The molecule has 1 aromatic heterocycles. The molecule has 2 amide bonds. The van der Waals surface area contributed by atoms with Gasteiger partial charge in [-0.3, -0.25) is 9.59 Å². The fourth-order valence-corrected chi connectivity index (χ4v) is 3.26. The number of likely N-dealkylation sites (N-methyl/N-ethyl adjacent to an activating group) is 1. The van der Waals surface area contributed by atoms with E-state index in [0.29, 0.717) is 30.6 Å². The van der Waals surface area contributed by atoms with Gasteiger partial charge in [-0.15, -0.1) is 0 Å². The van der Waals surface area contributed by atoms with Gasteiger partial charge in [0.05, 0.1) is 19.2 Å². The third kappa shape index (κ3) is 5.73. The molecule has 1 aliphatic heterocycles. The minimum atomic E-state index is -0.355. The standard InChI is InChI=1S/C23H33N3O4/c1-7-21(28)25(6)13-20-16(4)12-26(17(5)14-27)23(29)19-10-18(9-8-15(2)3)11-24-22(19)30-20/h10-11,15-17,20,27H,7,12-14H2,1-6H3/t16-,17+,20+/m1/s1. The Kier molecular flexibility index (Phi) is 8.24. The number of aromatic nitrogens is 1. The maximum absolute atomic E-state index is 13.3. The quantitative estimate of drug-likeness (QED) is 0.746. The van der Waals surface area contributed by atoms with Crippen molar-refractivity contribution in [3.63, 3.8) is 0 Å². The van der Waals surface area contributed by atoms with Crippen molar-refractivity contribution in [2.75, 3.05) is 26.7 Å². The smallest absolute Gasteiger partial charge is 0.259 e. The van der Waals surface area contributed by atoms with E-state index in [9.17, 15) is 14.7 Å². The van der Waals surface area contributed by atoms with Crippen LogP contribution in [0.25, 0.3) is 0 Å². The summed E-state index contributed by atoms with van der Waals surface area (Å²) >= 11 is 0. The largest absolute Gasteiger partial charge is 0.472 e. The van der Waals surface area contributed by atoms with Crippen molar-refractivity contribution in [2.24, 2.45) is 11.8 Å².